The average Bonchev–Trinajstić information content (AvgIpc) is 2.45. The Morgan fingerprint density at radius 1 is 1.05 bits per heavy atom. The number of nitrogens with zero attached hydrogens (tertiary/aromatic N) is 1. The second-order valence-corrected chi connectivity index (χ2v) is 6.18. The van der Waals surface area contributed by atoms with Gasteiger partial charge in [0.2, 0.25) is 5.91 Å². The SMILES string of the molecule is O=C(O)c1ccc(C2CCCN(C(=O)C3CCC3)C2)cc1. The number of carbonyl (C=O) groups is 2. The Morgan fingerprint density at radius 2 is 1.76 bits per heavy atom. The quantitative estimate of drug-likeness (QED) is 0.930. The number of rotatable bonds is 3. The molecule has 1 aromatic rings. The third kappa shape index (κ3) is 2.94. The summed E-state index contributed by atoms with van der Waals surface area (Å²) in [5.41, 5.74) is 1.46. The summed E-state index contributed by atoms with van der Waals surface area (Å²) in [5, 5.41) is 8.94. The van der Waals surface area contributed by atoms with Crippen LogP contribution in [-0.4, -0.2) is 35.0 Å². The number of likely N-dealkylation sites (tertiary alicyclic amines) is 1. The first-order valence-corrected chi connectivity index (χ1v) is 7.77. The molecule has 0 bridgehead atoms. The molecule has 2 fully saturated rings. The lowest BCUT2D eigenvalue weighted by atomic mass is 9.83. The van der Waals surface area contributed by atoms with Crippen molar-refractivity contribution < 1.29 is 14.7 Å². The topological polar surface area (TPSA) is 57.6 Å². The number of aromatic carboxylic acids is 1. The third-order valence-electron chi connectivity index (χ3n) is 4.82. The zero-order chi connectivity index (χ0) is 14.8. The van der Waals surface area contributed by atoms with E-state index >= 15 is 0 Å². The Kier molecular flexibility index (Phi) is 3.95. The molecule has 0 radical (unpaired) electrons. The lowest BCUT2D eigenvalue weighted by Gasteiger charge is -2.37. The Hall–Kier alpha value is -1.84. The predicted octanol–water partition coefficient (Wildman–Crippen LogP) is 2.89. The van der Waals surface area contributed by atoms with E-state index in [-0.39, 0.29) is 5.92 Å². The molecular weight excluding hydrogens is 266 g/mol. The van der Waals surface area contributed by atoms with Gasteiger partial charge >= 0.3 is 5.97 Å². The van der Waals surface area contributed by atoms with Crippen LogP contribution in [0.2, 0.25) is 0 Å². The molecule has 1 N–H and O–H groups in total. The number of hydrogen-bond acceptors (Lipinski definition) is 2. The van der Waals surface area contributed by atoms with Crippen LogP contribution in [0.4, 0.5) is 0 Å². The van der Waals surface area contributed by atoms with Crippen LogP contribution in [0.1, 0.15) is 53.9 Å². The molecule has 1 aliphatic heterocycles. The number of piperidine rings is 1. The number of hydrogen-bond donors (Lipinski definition) is 1. The summed E-state index contributed by atoms with van der Waals surface area (Å²) in [6.07, 6.45) is 5.38. The largest absolute Gasteiger partial charge is 0.478 e. The van der Waals surface area contributed by atoms with Gasteiger partial charge in [0.15, 0.2) is 0 Å². The van der Waals surface area contributed by atoms with Crippen LogP contribution in [0.25, 0.3) is 0 Å². The van der Waals surface area contributed by atoms with Crippen molar-refractivity contribution in [3.8, 4) is 0 Å². The molecule has 1 saturated heterocycles. The monoisotopic (exact) mass is 287 g/mol. The fraction of sp³-hybridized carbons (Fsp3) is 0.529. The zero-order valence-corrected chi connectivity index (χ0v) is 12.1. The lowest BCUT2D eigenvalue weighted by molar-refractivity contribution is -0.139. The highest BCUT2D eigenvalue weighted by atomic mass is 16.4. The first-order chi connectivity index (χ1) is 10.1. The molecule has 1 saturated carbocycles. The Bertz CT molecular complexity index is 533. The minimum atomic E-state index is -0.896. The highest BCUT2D eigenvalue weighted by Gasteiger charge is 2.32. The van der Waals surface area contributed by atoms with Gasteiger partial charge in [0, 0.05) is 24.9 Å². The second kappa shape index (κ2) is 5.88. The van der Waals surface area contributed by atoms with Gasteiger partial charge < -0.3 is 10.0 Å². The molecule has 1 amide bonds. The summed E-state index contributed by atoms with van der Waals surface area (Å²) in [7, 11) is 0. The number of carboxylic acids is 1. The van der Waals surface area contributed by atoms with E-state index in [9.17, 15) is 9.59 Å². The number of amides is 1. The van der Waals surface area contributed by atoms with E-state index in [0.717, 1.165) is 44.3 Å². The normalized spacial score (nSPS) is 22.7. The van der Waals surface area contributed by atoms with Gasteiger partial charge in [-0.05, 0) is 43.4 Å². The van der Waals surface area contributed by atoms with E-state index in [0.29, 0.717) is 17.4 Å². The van der Waals surface area contributed by atoms with Crippen molar-refractivity contribution in [1.82, 2.24) is 4.90 Å². The van der Waals surface area contributed by atoms with E-state index in [1.807, 2.05) is 17.0 Å². The number of benzene rings is 1. The fourth-order valence-corrected chi connectivity index (χ4v) is 3.26. The van der Waals surface area contributed by atoms with E-state index in [4.69, 9.17) is 5.11 Å². The molecule has 0 spiro atoms. The maximum absolute atomic E-state index is 12.3. The average molecular weight is 287 g/mol. The van der Waals surface area contributed by atoms with Gasteiger partial charge in [-0.25, -0.2) is 4.79 Å². The van der Waals surface area contributed by atoms with Crippen molar-refractivity contribution >= 4 is 11.9 Å². The first-order valence-electron chi connectivity index (χ1n) is 7.77. The molecule has 3 rings (SSSR count). The molecule has 0 aromatic heterocycles. The van der Waals surface area contributed by atoms with Gasteiger partial charge in [0.25, 0.3) is 0 Å². The molecule has 4 heteroatoms. The molecule has 21 heavy (non-hydrogen) atoms. The standard InChI is InChI=1S/C17H21NO3/c19-16(13-3-1-4-13)18-10-2-5-15(11-18)12-6-8-14(9-7-12)17(20)21/h6-9,13,15H,1-5,10-11H2,(H,20,21). The molecule has 1 heterocycles. The Balaban J connectivity index is 1.67. The molecule has 4 nitrogen and oxygen atoms in total. The second-order valence-electron chi connectivity index (χ2n) is 6.18. The van der Waals surface area contributed by atoms with Gasteiger partial charge in [0.05, 0.1) is 5.56 Å². The molecule has 1 unspecified atom stereocenters. The van der Waals surface area contributed by atoms with Crippen LogP contribution in [0.15, 0.2) is 24.3 Å². The van der Waals surface area contributed by atoms with E-state index < -0.39 is 5.97 Å². The van der Waals surface area contributed by atoms with Crippen molar-refractivity contribution in [1.29, 1.82) is 0 Å². The molecule has 2 aliphatic rings. The van der Waals surface area contributed by atoms with E-state index in [2.05, 4.69) is 0 Å². The van der Waals surface area contributed by atoms with Crippen LogP contribution in [0.3, 0.4) is 0 Å². The highest BCUT2D eigenvalue weighted by molar-refractivity contribution is 5.87. The van der Waals surface area contributed by atoms with Crippen LogP contribution in [0.5, 0.6) is 0 Å². The third-order valence-corrected chi connectivity index (χ3v) is 4.82. The highest BCUT2D eigenvalue weighted by Crippen LogP contribution is 2.32. The van der Waals surface area contributed by atoms with Crippen LogP contribution < -0.4 is 0 Å². The molecular formula is C17H21NO3. The molecule has 1 aromatic carbocycles. The van der Waals surface area contributed by atoms with Gasteiger partial charge in [0.1, 0.15) is 0 Å². The smallest absolute Gasteiger partial charge is 0.335 e. The summed E-state index contributed by atoms with van der Waals surface area (Å²) in [6, 6.07) is 7.10. The summed E-state index contributed by atoms with van der Waals surface area (Å²) in [6.45, 7) is 1.65. The van der Waals surface area contributed by atoms with Crippen molar-refractivity contribution in [3.05, 3.63) is 35.4 Å². The van der Waals surface area contributed by atoms with Crippen molar-refractivity contribution in [2.24, 2.45) is 5.92 Å². The van der Waals surface area contributed by atoms with Gasteiger partial charge in [-0.3, -0.25) is 4.79 Å². The van der Waals surface area contributed by atoms with E-state index in [1.54, 1.807) is 12.1 Å². The van der Waals surface area contributed by atoms with Crippen LogP contribution in [-0.2, 0) is 4.79 Å². The van der Waals surface area contributed by atoms with Gasteiger partial charge in [-0.15, -0.1) is 0 Å². The molecule has 112 valence electrons. The van der Waals surface area contributed by atoms with E-state index in [1.165, 1.54) is 6.42 Å². The van der Waals surface area contributed by atoms with Crippen molar-refractivity contribution in [3.63, 3.8) is 0 Å². The minimum Gasteiger partial charge on any atom is -0.478 e. The molecule has 1 atom stereocenters. The predicted molar refractivity (Wildman–Crippen MR) is 79.3 cm³/mol. The van der Waals surface area contributed by atoms with Gasteiger partial charge in [-0.1, -0.05) is 18.6 Å². The van der Waals surface area contributed by atoms with Crippen molar-refractivity contribution in [2.45, 2.75) is 38.0 Å². The molecule has 1 aliphatic carbocycles. The minimum absolute atomic E-state index is 0.262. The summed E-state index contributed by atoms with van der Waals surface area (Å²) < 4.78 is 0. The van der Waals surface area contributed by atoms with Crippen LogP contribution in [0, 0.1) is 5.92 Å². The fourth-order valence-electron chi connectivity index (χ4n) is 3.26. The zero-order valence-electron chi connectivity index (χ0n) is 12.1. The maximum atomic E-state index is 12.3. The summed E-state index contributed by atoms with van der Waals surface area (Å²) in [4.78, 5) is 25.3. The van der Waals surface area contributed by atoms with Gasteiger partial charge in [-0.2, -0.15) is 0 Å². The maximum Gasteiger partial charge on any atom is 0.335 e. The summed E-state index contributed by atoms with van der Waals surface area (Å²) in [5.74, 6) is 0.0313. The summed E-state index contributed by atoms with van der Waals surface area (Å²) >= 11 is 0. The Labute approximate surface area is 124 Å². The van der Waals surface area contributed by atoms with Crippen LogP contribution >= 0.6 is 0 Å². The lowest BCUT2D eigenvalue weighted by Crippen LogP contribution is -2.44. The number of carbonyl (C=O) groups excluding carboxylic acids is 1. The Morgan fingerprint density at radius 3 is 2.33 bits per heavy atom. The first kappa shape index (κ1) is 14.1. The number of carboxylic acid groups (broad SMARTS) is 1. The van der Waals surface area contributed by atoms with Crippen molar-refractivity contribution in [2.75, 3.05) is 13.1 Å².